The molecule has 10 heteroatoms. The molecule has 2 atom stereocenters. The summed E-state index contributed by atoms with van der Waals surface area (Å²) < 4.78 is 0. The maximum atomic E-state index is 11.0. The molecular formula is C13H8Li2N2O4S2. The van der Waals surface area contributed by atoms with Crippen LogP contribution >= 0.6 is 22.7 Å². The third-order valence-corrected chi connectivity index (χ3v) is 5.88. The number of carboxylic acid groups (broad SMARTS) is 2. The van der Waals surface area contributed by atoms with E-state index in [4.69, 9.17) is 0 Å². The van der Waals surface area contributed by atoms with Gasteiger partial charge in [-0.1, -0.05) is 0 Å². The van der Waals surface area contributed by atoms with Gasteiger partial charge in [0.05, 0.1) is 43.8 Å². The van der Waals surface area contributed by atoms with Crippen LogP contribution in [0.5, 0.6) is 0 Å². The zero-order valence-electron chi connectivity index (χ0n) is 12.5. The summed E-state index contributed by atoms with van der Waals surface area (Å²) in [4.78, 5) is 22.3. The summed E-state index contributed by atoms with van der Waals surface area (Å²) in [5.41, 5.74) is 1.79. The number of carbonyl (C=O) groups is 2. The molecule has 108 valence electrons. The number of hydrogen-bond donors (Lipinski definition) is 2. The Balaban J connectivity index is 0.000000960. The molecule has 2 N–H and O–H groups in total. The molecule has 2 bridgehead atoms. The van der Waals surface area contributed by atoms with Gasteiger partial charge in [0.15, 0.2) is 0 Å². The van der Waals surface area contributed by atoms with Gasteiger partial charge in [0.1, 0.15) is 0 Å². The third-order valence-electron chi connectivity index (χ3n) is 3.76. The van der Waals surface area contributed by atoms with Gasteiger partial charge in [-0.05, 0) is 18.6 Å². The number of carboxylic acids is 2. The molecule has 6 nitrogen and oxygen atoms in total. The molecule has 2 aliphatic rings. The second kappa shape index (κ2) is 6.56. The zero-order chi connectivity index (χ0) is 14.7. The molecule has 0 fully saturated rings. The van der Waals surface area contributed by atoms with Crippen molar-refractivity contribution in [2.75, 3.05) is 10.6 Å². The van der Waals surface area contributed by atoms with E-state index in [0.29, 0.717) is 0 Å². The van der Waals surface area contributed by atoms with Gasteiger partial charge in [0.25, 0.3) is 0 Å². The predicted molar refractivity (Wildman–Crippen MR) is 74.6 cm³/mol. The quantitative estimate of drug-likeness (QED) is 0.531. The number of fused-ring (bicyclic) bond motifs is 6. The summed E-state index contributed by atoms with van der Waals surface area (Å²) in [6.07, 6.45) is 0.743. The van der Waals surface area contributed by atoms with Crippen LogP contribution < -0.4 is 58.6 Å². The fourth-order valence-electron chi connectivity index (χ4n) is 2.83. The van der Waals surface area contributed by atoms with Crippen LogP contribution in [-0.4, -0.2) is 11.9 Å². The molecule has 0 aromatic carbocycles. The second-order valence-corrected chi connectivity index (χ2v) is 7.10. The molecule has 4 rings (SSSR count). The number of rotatable bonds is 2. The first kappa shape index (κ1) is 18.5. The summed E-state index contributed by atoms with van der Waals surface area (Å²) in [6.45, 7) is 0. The van der Waals surface area contributed by atoms with Crippen molar-refractivity contribution in [2.45, 2.75) is 18.5 Å². The second-order valence-electron chi connectivity index (χ2n) is 4.99. The van der Waals surface area contributed by atoms with Gasteiger partial charge in [-0.25, -0.2) is 0 Å². The van der Waals surface area contributed by atoms with Crippen LogP contribution in [0, 0.1) is 0 Å². The minimum atomic E-state index is -1.18. The fraction of sp³-hybridized carbons (Fsp3) is 0.231. The van der Waals surface area contributed by atoms with Gasteiger partial charge in [-0.3, -0.25) is 0 Å². The number of carbonyl (C=O) groups excluding carboxylic acids is 2. The van der Waals surface area contributed by atoms with E-state index in [-0.39, 0.29) is 59.6 Å². The van der Waals surface area contributed by atoms with Crippen LogP contribution in [0.3, 0.4) is 0 Å². The standard InChI is InChI=1S/C13H10N2O4S2.2Li/c16-12(17)8-1-4-6-3-7(15-10(4)20-8)5-2-9(13(18)19)21-11(5)14-6;;/h1-2,6-7,14-15H,3H2,(H,16,17)(H,18,19);;/q;2*+1/p-2. The first-order valence-electron chi connectivity index (χ1n) is 6.26. The molecule has 2 aliphatic heterocycles. The molecule has 0 radical (unpaired) electrons. The van der Waals surface area contributed by atoms with Gasteiger partial charge in [-0.15, -0.1) is 22.7 Å². The fourth-order valence-corrected chi connectivity index (χ4v) is 4.85. The van der Waals surface area contributed by atoms with E-state index in [2.05, 4.69) is 10.6 Å². The topological polar surface area (TPSA) is 104 Å². The molecule has 2 aromatic rings. The number of hydrogen-bond acceptors (Lipinski definition) is 8. The summed E-state index contributed by atoms with van der Waals surface area (Å²) in [6, 6.07) is 3.20. The molecule has 23 heavy (non-hydrogen) atoms. The Labute approximate surface area is 163 Å². The van der Waals surface area contributed by atoms with Crippen molar-refractivity contribution in [1.82, 2.24) is 0 Å². The zero-order valence-corrected chi connectivity index (χ0v) is 14.1. The summed E-state index contributed by atoms with van der Waals surface area (Å²) >= 11 is 2.30. The molecule has 2 unspecified atom stereocenters. The molecule has 4 heterocycles. The van der Waals surface area contributed by atoms with Crippen molar-refractivity contribution in [3.8, 4) is 0 Å². The molecule has 2 aromatic heterocycles. The van der Waals surface area contributed by atoms with Gasteiger partial charge < -0.3 is 30.4 Å². The number of nitrogens with one attached hydrogen (secondary N) is 2. The Morgan fingerprint density at radius 3 is 1.65 bits per heavy atom. The SMILES string of the molecule is O=C([O-])c1cc2c(s1)NC1CC2Nc2sc(C(=O)[O-])cc21.[Li+].[Li+]. The van der Waals surface area contributed by atoms with E-state index >= 15 is 0 Å². The maximum absolute atomic E-state index is 11.0. The van der Waals surface area contributed by atoms with Crippen molar-refractivity contribution in [2.24, 2.45) is 0 Å². The smallest absolute Gasteiger partial charge is 0.544 e. The predicted octanol–water partition coefficient (Wildman–Crippen LogP) is -5.43. The van der Waals surface area contributed by atoms with Crippen LogP contribution in [0.4, 0.5) is 10.0 Å². The van der Waals surface area contributed by atoms with Gasteiger partial charge in [-0.2, -0.15) is 0 Å². The van der Waals surface area contributed by atoms with Crippen molar-refractivity contribution in [1.29, 1.82) is 0 Å². The van der Waals surface area contributed by atoms with Crippen LogP contribution in [0.1, 0.15) is 49.0 Å². The molecule has 0 spiro atoms. The largest absolute Gasteiger partial charge is 1.00 e. The molecule has 0 aliphatic carbocycles. The Morgan fingerprint density at radius 1 is 0.913 bits per heavy atom. The average molecular weight is 334 g/mol. The van der Waals surface area contributed by atoms with Crippen LogP contribution in [0.15, 0.2) is 12.1 Å². The normalized spacial score (nSPS) is 19.8. The summed E-state index contributed by atoms with van der Waals surface area (Å²) in [5.74, 6) is -2.36. The van der Waals surface area contributed by atoms with Crippen LogP contribution in [0.2, 0.25) is 0 Å². The van der Waals surface area contributed by atoms with Gasteiger partial charge in [0.2, 0.25) is 0 Å². The number of thiophene rings is 2. The Kier molecular flexibility index (Phi) is 5.27. The van der Waals surface area contributed by atoms with Crippen LogP contribution in [0.25, 0.3) is 0 Å². The Morgan fingerprint density at radius 2 is 1.30 bits per heavy atom. The first-order valence-corrected chi connectivity index (χ1v) is 7.89. The Hall–Kier alpha value is -0.865. The Bertz CT molecular complexity index is 725. The number of anilines is 2. The van der Waals surface area contributed by atoms with E-state index in [1.807, 2.05) is 0 Å². The summed E-state index contributed by atoms with van der Waals surface area (Å²) in [7, 11) is 0. The monoisotopic (exact) mass is 334 g/mol. The van der Waals surface area contributed by atoms with E-state index in [0.717, 1.165) is 50.2 Å². The minimum absolute atomic E-state index is 0. The average Bonchev–Trinajstić information content (AvgIpc) is 3.02. The van der Waals surface area contributed by atoms with Gasteiger partial charge >= 0.3 is 37.7 Å². The van der Waals surface area contributed by atoms with Crippen molar-refractivity contribution in [3.63, 3.8) is 0 Å². The molecule has 0 saturated carbocycles. The third kappa shape index (κ3) is 2.96. The van der Waals surface area contributed by atoms with Crippen LogP contribution in [-0.2, 0) is 0 Å². The van der Waals surface area contributed by atoms with Crippen molar-refractivity contribution in [3.05, 3.63) is 33.0 Å². The van der Waals surface area contributed by atoms with E-state index in [1.165, 1.54) is 0 Å². The number of aromatic carboxylic acids is 2. The summed E-state index contributed by atoms with van der Waals surface area (Å²) in [5, 5.41) is 30.1. The molecule has 0 amide bonds. The first-order chi connectivity index (χ1) is 10.0. The molecule has 0 saturated heterocycles. The van der Waals surface area contributed by atoms with E-state index < -0.39 is 11.9 Å². The minimum Gasteiger partial charge on any atom is -0.544 e. The van der Waals surface area contributed by atoms with Crippen molar-refractivity contribution >= 4 is 44.6 Å². The van der Waals surface area contributed by atoms with Gasteiger partial charge in [0, 0.05) is 11.1 Å². The maximum Gasteiger partial charge on any atom is 1.00 e. The van der Waals surface area contributed by atoms with E-state index in [9.17, 15) is 19.8 Å². The van der Waals surface area contributed by atoms with E-state index in [1.54, 1.807) is 12.1 Å². The van der Waals surface area contributed by atoms with Crippen molar-refractivity contribution < 1.29 is 57.5 Å². The molecular weight excluding hydrogens is 326 g/mol.